The van der Waals surface area contributed by atoms with E-state index in [-0.39, 0.29) is 0 Å². The number of likely N-dealkylation sites (tertiary alicyclic amines) is 1. The van der Waals surface area contributed by atoms with E-state index in [0.29, 0.717) is 0 Å². The van der Waals surface area contributed by atoms with E-state index in [1.54, 1.807) is 0 Å². The summed E-state index contributed by atoms with van der Waals surface area (Å²) in [7, 11) is 0. The van der Waals surface area contributed by atoms with E-state index in [2.05, 4.69) is 30.1 Å². The maximum Gasteiger partial charge on any atom is 0.0233 e. The summed E-state index contributed by atoms with van der Waals surface area (Å²) in [5.74, 6) is 0. The lowest BCUT2D eigenvalue weighted by Gasteiger charge is -2.22. The number of hydrogen-bond acceptors (Lipinski definition) is 1. The highest BCUT2D eigenvalue weighted by Gasteiger charge is 2.20. The maximum absolute atomic E-state index is 2.60. The van der Waals surface area contributed by atoms with Crippen LogP contribution >= 0.6 is 0 Å². The molecule has 2 rings (SSSR count). The van der Waals surface area contributed by atoms with Crippen molar-refractivity contribution >= 4 is 0 Å². The first-order chi connectivity index (χ1) is 6.36. The first-order valence-corrected chi connectivity index (χ1v) is 5.46. The van der Waals surface area contributed by atoms with Crippen molar-refractivity contribution < 1.29 is 0 Å². The first kappa shape index (κ1) is 9.01. The van der Waals surface area contributed by atoms with Gasteiger partial charge in [0.15, 0.2) is 0 Å². The van der Waals surface area contributed by atoms with Crippen LogP contribution in [0.3, 0.4) is 0 Å². The molecule has 1 aliphatic heterocycles. The van der Waals surface area contributed by atoms with Gasteiger partial charge in [0, 0.05) is 12.6 Å². The van der Waals surface area contributed by atoms with Gasteiger partial charge in [0.05, 0.1) is 0 Å². The molecule has 0 radical (unpaired) electrons. The molecule has 1 heteroatoms. The summed E-state index contributed by atoms with van der Waals surface area (Å²) >= 11 is 0. The number of hydrogen-bond donors (Lipinski definition) is 0. The van der Waals surface area contributed by atoms with Crippen LogP contribution in [0, 0.1) is 0 Å². The fourth-order valence-electron chi connectivity index (χ4n) is 2.25. The van der Waals surface area contributed by atoms with Crippen molar-refractivity contribution in [3.05, 3.63) is 23.8 Å². The van der Waals surface area contributed by atoms with E-state index in [4.69, 9.17) is 0 Å². The van der Waals surface area contributed by atoms with Gasteiger partial charge >= 0.3 is 0 Å². The molecular formula is C12H19N. The molecule has 0 aromatic rings. The maximum atomic E-state index is 2.60. The van der Waals surface area contributed by atoms with Gasteiger partial charge in [-0.25, -0.2) is 0 Å². The van der Waals surface area contributed by atoms with Gasteiger partial charge in [0.25, 0.3) is 0 Å². The van der Waals surface area contributed by atoms with E-state index in [0.717, 1.165) is 6.04 Å². The third-order valence-corrected chi connectivity index (χ3v) is 3.15. The molecule has 1 heterocycles. The molecule has 0 N–H and O–H groups in total. The lowest BCUT2D eigenvalue weighted by Crippen LogP contribution is -2.28. The smallest absolute Gasteiger partial charge is 0.0233 e. The molecule has 0 saturated carbocycles. The van der Waals surface area contributed by atoms with Crippen LogP contribution in [0.2, 0.25) is 0 Å². The second-order valence-corrected chi connectivity index (χ2v) is 4.22. The van der Waals surface area contributed by atoms with Crippen molar-refractivity contribution in [3.8, 4) is 0 Å². The van der Waals surface area contributed by atoms with Gasteiger partial charge in [-0.1, -0.05) is 18.2 Å². The van der Waals surface area contributed by atoms with Crippen LogP contribution in [0.25, 0.3) is 0 Å². The molecule has 13 heavy (non-hydrogen) atoms. The van der Waals surface area contributed by atoms with Crippen molar-refractivity contribution in [1.82, 2.24) is 4.90 Å². The van der Waals surface area contributed by atoms with Crippen molar-refractivity contribution in [1.29, 1.82) is 0 Å². The molecule has 0 amide bonds. The van der Waals surface area contributed by atoms with Crippen molar-refractivity contribution in [2.45, 2.75) is 38.6 Å². The van der Waals surface area contributed by atoms with Crippen LogP contribution in [-0.2, 0) is 0 Å². The molecule has 0 aromatic carbocycles. The molecule has 1 saturated heterocycles. The molecule has 1 aliphatic carbocycles. The van der Waals surface area contributed by atoms with Crippen molar-refractivity contribution in [2.24, 2.45) is 0 Å². The normalized spacial score (nSPS) is 29.3. The Morgan fingerprint density at radius 1 is 1.46 bits per heavy atom. The van der Waals surface area contributed by atoms with Crippen molar-refractivity contribution in [2.75, 3.05) is 13.1 Å². The van der Waals surface area contributed by atoms with Crippen LogP contribution in [-0.4, -0.2) is 24.0 Å². The summed E-state index contributed by atoms with van der Waals surface area (Å²) in [6.45, 7) is 4.82. The predicted octanol–water partition coefficient (Wildman–Crippen LogP) is 2.75. The summed E-state index contributed by atoms with van der Waals surface area (Å²) in [5.41, 5.74) is 1.53. The quantitative estimate of drug-likeness (QED) is 0.627. The molecule has 1 nitrogen and oxygen atoms in total. The Bertz CT molecular complexity index is 227. The zero-order chi connectivity index (χ0) is 9.10. The number of nitrogens with zero attached hydrogens (tertiary/aromatic N) is 1. The Kier molecular flexibility index (Phi) is 2.84. The summed E-state index contributed by atoms with van der Waals surface area (Å²) in [6, 6.07) is 0.802. The number of allylic oxidation sites excluding steroid dienone is 2. The second-order valence-electron chi connectivity index (χ2n) is 4.22. The van der Waals surface area contributed by atoms with Crippen LogP contribution in [0.1, 0.15) is 32.6 Å². The third-order valence-electron chi connectivity index (χ3n) is 3.15. The fourth-order valence-corrected chi connectivity index (χ4v) is 2.25. The van der Waals surface area contributed by atoms with Gasteiger partial charge in [0.2, 0.25) is 0 Å². The van der Waals surface area contributed by atoms with Gasteiger partial charge in [-0.05, 0) is 44.7 Å². The standard InChI is InChI=1S/C12H19N/c1-11-6-5-9-13(11)10-12-7-3-2-4-8-12/h3,7-8,11H,2,4-6,9-10H2,1H3. The molecule has 2 aliphatic rings. The van der Waals surface area contributed by atoms with Crippen LogP contribution in [0.5, 0.6) is 0 Å². The minimum Gasteiger partial charge on any atom is -0.296 e. The summed E-state index contributed by atoms with van der Waals surface area (Å²) < 4.78 is 0. The van der Waals surface area contributed by atoms with E-state index in [9.17, 15) is 0 Å². The van der Waals surface area contributed by atoms with Crippen LogP contribution in [0.15, 0.2) is 23.8 Å². The molecule has 0 aromatic heterocycles. The van der Waals surface area contributed by atoms with Crippen LogP contribution in [0.4, 0.5) is 0 Å². The first-order valence-electron chi connectivity index (χ1n) is 5.46. The lowest BCUT2D eigenvalue weighted by atomic mass is 10.1. The second kappa shape index (κ2) is 4.10. The van der Waals surface area contributed by atoms with Gasteiger partial charge in [-0.3, -0.25) is 4.90 Å². The summed E-state index contributed by atoms with van der Waals surface area (Å²) in [6.07, 6.45) is 12.2. The fraction of sp³-hybridized carbons (Fsp3) is 0.667. The molecule has 0 bridgehead atoms. The van der Waals surface area contributed by atoms with Crippen molar-refractivity contribution in [3.63, 3.8) is 0 Å². The Balaban J connectivity index is 1.89. The average Bonchev–Trinajstić information content (AvgIpc) is 2.54. The third kappa shape index (κ3) is 2.22. The molecule has 0 spiro atoms. The highest BCUT2D eigenvalue weighted by Crippen LogP contribution is 2.19. The summed E-state index contributed by atoms with van der Waals surface area (Å²) in [5, 5.41) is 0. The summed E-state index contributed by atoms with van der Waals surface area (Å²) in [4.78, 5) is 2.60. The van der Waals surface area contributed by atoms with E-state index in [1.807, 2.05) is 0 Å². The van der Waals surface area contributed by atoms with E-state index >= 15 is 0 Å². The highest BCUT2D eigenvalue weighted by atomic mass is 15.2. The monoisotopic (exact) mass is 177 g/mol. The minimum atomic E-state index is 0.802. The molecular weight excluding hydrogens is 158 g/mol. The van der Waals surface area contributed by atoms with Crippen LogP contribution < -0.4 is 0 Å². The zero-order valence-corrected chi connectivity index (χ0v) is 8.50. The van der Waals surface area contributed by atoms with Gasteiger partial charge < -0.3 is 0 Å². The molecule has 1 unspecified atom stereocenters. The average molecular weight is 177 g/mol. The van der Waals surface area contributed by atoms with Gasteiger partial charge in [-0.2, -0.15) is 0 Å². The Morgan fingerprint density at radius 2 is 2.38 bits per heavy atom. The topological polar surface area (TPSA) is 3.24 Å². The van der Waals surface area contributed by atoms with E-state index < -0.39 is 0 Å². The largest absolute Gasteiger partial charge is 0.296 e. The van der Waals surface area contributed by atoms with Gasteiger partial charge in [-0.15, -0.1) is 0 Å². The SMILES string of the molecule is CC1CCCN1CC1=CCCC=C1. The zero-order valence-electron chi connectivity index (χ0n) is 8.50. The Labute approximate surface area is 81.1 Å². The van der Waals surface area contributed by atoms with Gasteiger partial charge in [0.1, 0.15) is 0 Å². The minimum absolute atomic E-state index is 0.802. The number of rotatable bonds is 2. The predicted molar refractivity (Wildman–Crippen MR) is 56.7 cm³/mol. The molecule has 1 fully saturated rings. The Hall–Kier alpha value is -0.560. The Morgan fingerprint density at radius 3 is 3.00 bits per heavy atom. The molecule has 1 atom stereocenters. The highest BCUT2D eigenvalue weighted by molar-refractivity contribution is 5.23. The van der Waals surface area contributed by atoms with E-state index in [1.165, 1.54) is 44.3 Å². The molecule has 72 valence electrons. The lowest BCUT2D eigenvalue weighted by molar-refractivity contribution is 0.293.